The molecule has 17 heavy (non-hydrogen) atoms. The van der Waals surface area contributed by atoms with Crippen LogP contribution in [-0.2, 0) is 0 Å². The molecule has 0 amide bonds. The van der Waals surface area contributed by atoms with Crippen molar-refractivity contribution in [2.75, 3.05) is 20.2 Å². The van der Waals surface area contributed by atoms with E-state index in [-0.39, 0.29) is 5.78 Å². The van der Waals surface area contributed by atoms with Gasteiger partial charge in [0.25, 0.3) is 0 Å². The topological polar surface area (TPSA) is 29.5 Å². The molecule has 0 N–H and O–H groups in total. The highest BCUT2D eigenvalue weighted by Gasteiger charge is 2.29. The first-order chi connectivity index (χ1) is 8.24. The molecule has 2 rings (SSSR count). The molecular formula is C14H19NO2. The van der Waals surface area contributed by atoms with Gasteiger partial charge in [0.05, 0.1) is 13.7 Å². The lowest BCUT2D eigenvalue weighted by Crippen LogP contribution is -2.31. The quantitative estimate of drug-likeness (QED) is 0.706. The first-order valence-electron chi connectivity index (χ1n) is 6.16. The molecule has 0 atom stereocenters. The van der Waals surface area contributed by atoms with E-state index in [0.717, 1.165) is 17.9 Å². The van der Waals surface area contributed by atoms with Crippen molar-refractivity contribution in [1.82, 2.24) is 4.90 Å². The molecule has 1 aromatic rings. The predicted molar refractivity (Wildman–Crippen MR) is 67.6 cm³/mol. The Morgan fingerprint density at radius 3 is 2.47 bits per heavy atom. The predicted octanol–water partition coefficient (Wildman–Crippen LogP) is 2.36. The first kappa shape index (κ1) is 12.1. The average molecular weight is 233 g/mol. The van der Waals surface area contributed by atoms with E-state index >= 15 is 0 Å². The Hall–Kier alpha value is -1.35. The molecular weight excluding hydrogens is 214 g/mol. The fourth-order valence-electron chi connectivity index (χ4n) is 1.99. The zero-order valence-corrected chi connectivity index (χ0v) is 10.5. The van der Waals surface area contributed by atoms with E-state index in [0.29, 0.717) is 12.6 Å². The number of hydrogen-bond acceptors (Lipinski definition) is 3. The van der Waals surface area contributed by atoms with Crippen molar-refractivity contribution in [1.29, 1.82) is 0 Å². The number of benzene rings is 1. The van der Waals surface area contributed by atoms with Crippen molar-refractivity contribution in [3.63, 3.8) is 0 Å². The van der Waals surface area contributed by atoms with Crippen molar-refractivity contribution in [2.45, 2.75) is 25.8 Å². The second-order valence-corrected chi connectivity index (χ2v) is 4.45. The lowest BCUT2D eigenvalue weighted by Gasteiger charge is -2.18. The van der Waals surface area contributed by atoms with Crippen molar-refractivity contribution < 1.29 is 9.53 Å². The van der Waals surface area contributed by atoms with E-state index in [2.05, 4.69) is 11.8 Å². The normalized spacial score (nSPS) is 15.0. The molecule has 1 fully saturated rings. The van der Waals surface area contributed by atoms with Gasteiger partial charge in [0.2, 0.25) is 0 Å². The maximum Gasteiger partial charge on any atom is 0.176 e. The number of ketones is 1. The zero-order valence-electron chi connectivity index (χ0n) is 10.5. The van der Waals surface area contributed by atoms with Gasteiger partial charge in [0.15, 0.2) is 5.78 Å². The Balaban J connectivity index is 1.97. The van der Waals surface area contributed by atoms with Crippen LogP contribution in [0.3, 0.4) is 0 Å². The third-order valence-corrected chi connectivity index (χ3v) is 3.23. The van der Waals surface area contributed by atoms with Gasteiger partial charge >= 0.3 is 0 Å². The lowest BCUT2D eigenvalue weighted by molar-refractivity contribution is 0.0928. The summed E-state index contributed by atoms with van der Waals surface area (Å²) in [5.74, 6) is 0.984. The number of rotatable bonds is 6. The fourth-order valence-corrected chi connectivity index (χ4v) is 1.99. The minimum Gasteiger partial charge on any atom is -0.497 e. The lowest BCUT2D eigenvalue weighted by atomic mass is 10.1. The van der Waals surface area contributed by atoms with E-state index in [1.54, 1.807) is 7.11 Å². The maximum atomic E-state index is 12.1. The third-order valence-electron chi connectivity index (χ3n) is 3.23. The molecule has 3 nitrogen and oxygen atoms in total. The summed E-state index contributed by atoms with van der Waals surface area (Å²) in [6.45, 7) is 3.60. The van der Waals surface area contributed by atoms with Gasteiger partial charge in [-0.05, 0) is 43.7 Å². The van der Waals surface area contributed by atoms with Crippen LogP contribution in [0.1, 0.15) is 30.1 Å². The van der Waals surface area contributed by atoms with Crippen LogP contribution in [-0.4, -0.2) is 36.9 Å². The number of Topliss-reactive ketones (excluding diaryl/α,β-unsaturated/α-hetero) is 1. The molecule has 1 aliphatic rings. The summed E-state index contributed by atoms with van der Waals surface area (Å²) in [4.78, 5) is 14.3. The summed E-state index contributed by atoms with van der Waals surface area (Å²) in [5.41, 5.74) is 0.768. The number of likely N-dealkylation sites (N-methyl/N-ethyl adjacent to an activating group) is 1. The third kappa shape index (κ3) is 3.07. The van der Waals surface area contributed by atoms with Gasteiger partial charge in [-0.1, -0.05) is 6.92 Å². The second-order valence-electron chi connectivity index (χ2n) is 4.45. The van der Waals surface area contributed by atoms with Crippen LogP contribution in [0.2, 0.25) is 0 Å². The highest BCUT2D eigenvalue weighted by molar-refractivity contribution is 5.97. The van der Waals surface area contributed by atoms with Crippen molar-refractivity contribution >= 4 is 5.78 Å². The molecule has 1 aromatic carbocycles. The van der Waals surface area contributed by atoms with Gasteiger partial charge in [-0.15, -0.1) is 0 Å². The summed E-state index contributed by atoms with van der Waals surface area (Å²) in [6, 6.07) is 7.98. The van der Waals surface area contributed by atoms with E-state index in [4.69, 9.17) is 4.74 Å². The fraction of sp³-hybridized carbons (Fsp3) is 0.500. The van der Waals surface area contributed by atoms with E-state index in [1.807, 2.05) is 24.3 Å². The highest BCUT2D eigenvalue weighted by atomic mass is 16.5. The van der Waals surface area contributed by atoms with Crippen molar-refractivity contribution in [2.24, 2.45) is 0 Å². The molecule has 0 unspecified atom stereocenters. The number of hydrogen-bond donors (Lipinski definition) is 0. The Morgan fingerprint density at radius 2 is 2.00 bits per heavy atom. The Labute approximate surface area is 102 Å². The molecule has 3 heteroatoms. The van der Waals surface area contributed by atoms with Crippen LogP contribution < -0.4 is 4.74 Å². The minimum absolute atomic E-state index is 0.196. The highest BCUT2D eigenvalue weighted by Crippen LogP contribution is 2.26. The standard InChI is InChI=1S/C14H19NO2/c1-3-15(12-6-7-12)10-14(16)11-4-8-13(17-2)9-5-11/h4-5,8-9,12H,3,6-7,10H2,1-2H3. The molecule has 0 aromatic heterocycles. The largest absolute Gasteiger partial charge is 0.497 e. The Morgan fingerprint density at radius 1 is 1.35 bits per heavy atom. The van der Waals surface area contributed by atoms with Crippen LogP contribution in [0.15, 0.2) is 24.3 Å². The van der Waals surface area contributed by atoms with Crippen LogP contribution in [0, 0.1) is 0 Å². The first-order valence-corrected chi connectivity index (χ1v) is 6.16. The van der Waals surface area contributed by atoms with Crippen molar-refractivity contribution in [3.8, 4) is 5.75 Å². The molecule has 0 aliphatic heterocycles. The number of carbonyl (C=O) groups excluding carboxylic acids is 1. The van der Waals surface area contributed by atoms with Gasteiger partial charge in [0.1, 0.15) is 5.75 Å². The molecule has 0 radical (unpaired) electrons. The van der Waals surface area contributed by atoms with Crippen LogP contribution in [0.25, 0.3) is 0 Å². The number of carbonyl (C=O) groups is 1. The maximum absolute atomic E-state index is 12.1. The molecule has 0 heterocycles. The molecule has 1 aliphatic carbocycles. The SMILES string of the molecule is CCN(CC(=O)c1ccc(OC)cc1)C1CC1. The van der Waals surface area contributed by atoms with Gasteiger partial charge in [-0.25, -0.2) is 0 Å². The molecule has 92 valence electrons. The van der Waals surface area contributed by atoms with Gasteiger partial charge in [-0.2, -0.15) is 0 Å². The van der Waals surface area contributed by atoms with Crippen LogP contribution >= 0.6 is 0 Å². The average Bonchev–Trinajstić information content (AvgIpc) is 3.20. The second kappa shape index (κ2) is 5.32. The molecule has 0 spiro atoms. The van der Waals surface area contributed by atoms with E-state index < -0.39 is 0 Å². The molecule has 0 bridgehead atoms. The van der Waals surface area contributed by atoms with Gasteiger partial charge < -0.3 is 4.74 Å². The summed E-state index contributed by atoms with van der Waals surface area (Å²) >= 11 is 0. The number of ether oxygens (including phenoxy) is 1. The Kier molecular flexibility index (Phi) is 3.79. The number of methoxy groups -OCH3 is 1. The summed E-state index contributed by atoms with van der Waals surface area (Å²) in [7, 11) is 1.63. The monoisotopic (exact) mass is 233 g/mol. The zero-order chi connectivity index (χ0) is 12.3. The van der Waals surface area contributed by atoms with Crippen LogP contribution in [0.4, 0.5) is 0 Å². The van der Waals surface area contributed by atoms with E-state index in [1.165, 1.54) is 12.8 Å². The molecule has 1 saturated carbocycles. The smallest absolute Gasteiger partial charge is 0.176 e. The number of nitrogens with zero attached hydrogens (tertiary/aromatic N) is 1. The van der Waals surface area contributed by atoms with Gasteiger partial charge in [-0.3, -0.25) is 9.69 Å². The summed E-state index contributed by atoms with van der Waals surface area (Å²) in [5, 5.41) is 0. The molecule has 0 saturated heterocycles. The summed E-state index contributed by atoms with van der Waals surface area (Å²) < 4.78 is 5.08. The minimum atomic E-state index is 0.196. The Bertz CT molecular complexity index is 382. The van der Waals surface area contributed by atoms with Gasteiger partial charge in [0, 0.05) is 11.6 Å². The van der Waals surface area contributed by atoms with E-state index in [9.17, 15) is 4.79 Å². The van der Waals surface area contributed by atoms with Crippen LogP contribution in [0.5, 0.6) is 5.75 Å². The summed E-state index contributed by atoms with van der Waals surface area (Å²) in [6.07, 6.45) is 2.48. The van der Waals surface area contributed by atoms with Crippen molar-refractivity contribution in [3.05, 3.63) is 29.8 Å².